The molecule has 0 heterocycles. The van der Waals surface area contributed by atoms with Gasteiger partial charge in [-0.3, -0.25) is 4.79 Å². The third-order valence-electron chi connectivity index (χ3n) is 10.3. The number of ether oxygens (including phenoxy) is 1. The lowest BCUT2D eigenvalue weighted by Crippen LogP contribution is -2.46. The van der Waals surface area contributed by atoms with E-state index in [1.165, 1.54) is 31.3 Å². The molecule has 0 bridgehead atoms. The topological polar surface area (TPSA) is 26.3 Å². The van der Waals surface area contributed by atoms with Gasteiger partial charge in [0.1, 0.15) is 6.10 Å². The van der Waals surface area contributed by atoms with Gasteiger partial charge in [0, 0.05) is 13.3 Å². The number of allylic oxidation sites excluding steroid dienone is 5. The number of fused-ring (bicyclic) bond motifs is 5. The SMILES string of the molecule is CC(=O)O[C@@H]1CC[C@]2(C)C(=CC=C3[C@@H]4CC[C@H]([C@H](C)/C=C/[C@H](C)C(C)C)[C@]4(C)CC[C@@H]32)C1. The van der Waals surface area contributed by atoms with Crippen LogP contribution in [0.25, 0.3) is 0 Å². The number of carbonyl (C=O) groups is 1. The first-order valence-corrected chi connectivity index (χ1v) is 13.3. The van der Waals surface area contributed by atoms with Crippen LogP contribution in [-0.4, -0.2) is 12.1 Å². The van der Waals surface area contributed by atoms with Crippen LogP contribution in [0.1, 0.15) is 93.4 Å². The maximum atomic E-state index is 11.5. The number of carbonyl (C=O) groups excluding carboxylic acids is 1. The zero-order valence-electron chi connectivity index (χ0n) is 21.6. The lowest BCUT2D eigenvalue weighted by molar-refractivity contribution is -0.148. The molecule has 4 aliphatic rings. The molecule has 0 N–H and O–H groups in total. The van der Waals surface area contributed by atoms with Gasteiger partial charge in [-0.25, -0.2) is 0 Å². The summed E-state index contributed by atoms with van der Waals surface area (Å²) >= 11 is 0. The van der Waals surface area contributed by atoms with Crippen LogP contribution in [0, 0.1) is 46.3 Å². The van der Waals surface area contributed by atoms with E-state index >= 15 is 0 Å². The minimum absolute atomic E-state index is 0.0763. The van der Waals surface area contributed by atoms with Crippen LogP contribution in [0.3, 0.4) is 0 Å². The molecule has 8 atom stereocenters. The molecule has 4 aliphatic carbocycles. The molecule has 0 aromatic rings. The summed E-state index contributed by atoms with van der Waals surface area (Å²) in [6, 6.07) is 0. The van der Waals surface area contributed by atoms with Crippen molar-refractivity contribution < 1.29 is 9.53 Å². The van der Waals surface area contributed by atoms with Gasteiger partial charge in [0.15, 0.2) is 0 Å². The van der Waals surface area contributed by atoms with Crippen molar-refractivity contribution in [3.63, 3.8) is 0 Å². The highest BCUT2D eigenvalue weighted by atomic mass is 16.5. The molecule has 32 heavy (non-hydrogen) atoms. The largest absolute Gasteiger partial charge is 0.462 e. The summed E-state index contributed by atoms with van der Waals surface area (Å²) in [6.07, 6.45) is 18.5. The Morgan fingerprint density at radius 1 is 1.00 bits per heavy atom. The van der Waals surface area contributed by atoms with Gasteiger partial charge in [-0.1, -0.05) is 77.0 Å². The van der Waals surface area contributed by atoms with E-state index in [1.54, 1.807) is 12.5 Å². The first-order valence-electron chi connectivity index (χ1n) is 13.3. The van der Waals surface area contributed by atoms with Crippen LogP contribution in [0.15, 0.2) is 35.5 Å². The van der Waals surface area contributed by atoms with Crippen molar-refractivity contribution in [2.45, 2.75) is 99.5 Å². The molecule has 0 amide bonds. The predicted octanol–water partition coefficient (Wildman–Crippen LogP) is 7.90. The molecular weight excluding hydrogens is 392 g/mol. The molecule has 3 fully saturated rings. The molecule has 0 aliphatic heterocycles. The molecule has 0 spiro atoms. The summed E-state index contributed by atoms with van der Waals surface area (Å²) in [4.78, 5) is 11.5. The van der Waals surface area contributed by atoms with Crippen LogP contribution in [-0.2, 0) is 9.53 Å². The zero-order valence-corrected chi connectivity index (χ0v) is 21.6. The summed E-state index contributed by atoms with van der Waals surface area (Å²) in [6.45, 7) is 16.1. The Labute approximate surface area is 197 Å². The molecule has 0 radical (unpaired) electrons. The molecule has 0 saturated heterocycles. The van der Waals surface area contributed by atoms with E-state index in [2.05, 4.69) is 65.8 Å². The quantitative estimate of drug-likeness (QED) is 0.322. The van der Waals surface area contributed by atoms with Gasteiger partial charge >= 0.3 is 5.97 Å². The van der Waals surface area contributed by atoms with Crippen LogP contribution in [0.5, 0.6) is 0 Å². The van der Waals surface area contributed by atoms with Gasteiger partial charge in [0.05, 0.1) is 0 Å². The Morgan fingerprint density at radius 2 is 1.75 bits per heavy atom. The lowest BCUT2D eigenvalue weighted by Gasteiger charge is -2.55. The standard InChI is InChI=1S/C30H46O2/c1-19(2)20(3)8-9-21(4)26-12-13-27-25-11-10-23-18-24(32-22(5)31)14-16-29(23,6)28(25)15-17-30(26,27)7/h8-11,19-21,24,26-28H,12-18H2,1-7H3/b9-8+/t20-,21+,24+,26+,27-,28-,29+,30-/m0/s1. The molecule has 178 valence electrons. The van der Waals surface area contributed by atoms with Crippen LogP contribution < -0.4 is 0 Å². The summed E-state index contributed by atoms with van der Waals surface area (Å²) in [7, 11) is 0. The number of esters is 1. The van der Waals surface area contributed by atoms with E-state index in [1.807, 2.05) is 0 Å². The molecule has 0 unspecified atom stereocenters. The third-order valence-corrected chi connectivity index (χ3v) is 10.3. The van der Waals surface area contributed by atoms with E-state index in [4.69, 9.17) is 4.74 Å². The Balaban J connectivity index is 1.54. The maximum Gasteiger partial charge on any atom is 0.302 e. The summed E-state index contributed by atoms with van der Waals surface area (Å²) in [5, 5.41) is 0. The van der Waals surface area contributed by atoms with Crippen molar-refractivity contribution in [2.75, 3.05) is 0 Å². The van der Waals surface area contributed by atoms with Crippen molar-refractivity contribution in [1.29, 1.82) is 0 Å². The number of hydrogen-bond donors (Lipinski definition) is 0. The van der Waals surface area contributed by atoms with Gasteiger partial charge < -0.3 is 4.74 Å². The average Bonchev–Trinajstić information content (AvgIpc) is 3.08. The highest BCUT2D eigenvalue weighted by Gasteiger charge is 2.56. The van der Waals surface area contributed by atoms with Gasteiger partial charge in [-0.05, 0) is 84.9 Å². The van der Waals surface area contributed by atoms with Gasteiger partial charge in [0.25, 0.3) is 0 Å². The Hall–Kier alpha value is -1.31. The van der Waals surface area contributed by atoms with Crippen LogP contribution in [0.2, 0.25) is 0 Å². The first kappa shape index (κ1) is 23.8. The van der Waals surface area contributed by atoms with Crippen molar-refractivity contribution in [2.24, 2.45) is 46.3 Å². The fourth-order valence-electron chi connectivity index (χ4n) is 7.92. The van der Waals surface area contributed by atoms with E-state index in [9.17, 15) is 4.79 Å². The Bertz CT molecular complexity index is 817. The fraction of sp³-hybridized carbons (Fsp3) is 0.767. The lowest BCUT2D eigenvalue weighted by atomic mass is 9.50. The highest BCUT2D eigenvalue weighted by Crippen LogP contribution is 2.66. The molecule has 3 saturated carbocycles. The number of rotatable bonds is 5. The smallest absolute Gasteiger partial charge is 0.302 e. The predicted molar refractivity (Wildman–Crippen MR) is 133 cm³/mol. The zero-order chi connectivity index (χ0) is 23.3. The van der Waals surface area contributed by atoms with Gasteiger partial charge in [-0.2, -0.15) is 0 Å². The molecule has 2 nitrogen and oxygen atoms in total. The molecular formula is C30H46O2. The molecule has 0 aromatic carbocycles. The van der Waals surface area contributed by atoms with Crippen molar-refractivity contribution in [3.8, 4) is 0 Å². The van der Waals surface area contributed by atoms with Crippen molar-refractivity contribution in [1.82, 2.24) is 0 Å². The summed E-state index contributed by atoms with van der Waals surface area (Å²) < 4.78 is 5.59. The summed E-state index contributed by atoms with van der Waals surface area (Å²) in [5.74, 6) is 4.11. The number of hydrogen-bond acceptors (Lipinski definition) is 2. The molecule has 0 aromatic heterocycles. The van der Waals surface area contributed by atoms with E-state index in [0.717, 1.165) is 31.1 Å². The molecule has 4 rings (SSSR count). The van der Waals surface area contributed by atoms with Crippen LogP contribution in [0.4, 0.5) is 0 Å². The second-order valence-electron chi connectivity index (χ2n) is 12.4. The van der Waals surface area contributed by atoms with Crippen LogP contribution >= 0.6 is 0 Å². The van der Waals surface area contributed by atoms with Crippen molar-refractivity contribution >= 4 is 5.97 Å². The Kier molecular flexibility index (Phi) is 6.56. The van der Waals surface area contributed by atoms with Gasteiger partial charge in [-0.15, -0.1) is 0 Å². The monoisotopic (exact) mass is 438 g/mol. The minimum atomic E-state index is -0.136. The minimum Gasteiger partial charge on any atom is -0.462 e. The fourth-order valence-corrected chi connectivity index (χ4v) is 7.92. The van der Waals surface area contributed by atoms with E-state index in [-0.39, 0.29) is 17.5 Å². The first-order chi connectivity index (χ1) is 15.1. The third kappa shape index (κ3) is 4.05. The van der Waals surface area contributed by atoms with E-state index < -0.39 is 0 Å². The molecule has 2 heteroatoms. The second-order valence-corrected chi connectivity index (χ2v) is 12.4. The Morgan fingerprint density at radius 3 is 2.44 bits per heavy atom. The highest BCUT2D eigenvalue weighted by molar-refractivity contribution is 5.66. The maximum absolute atomic E-state index is 11.5. The second kappa shape index (κ2) is 8.80. The normalized spacial score (nSPS) is 40.8. The average molecular weight is 439 g/mol. The van der Waals surface area contributed by atoms with Crippen molar-refractivity contribution in [3.05, 3.63) is 35.5 Å². The van der Waals surface area contributed by atoms with Gasteiger partial charge in [0.2, 0.25) is 0 Å². The van der Waals surface area contributed by atoms with E-state index in [0.29, 0.717) is 29.1 Å². The summed E-state index contributed by atoms with van der Waals surface area (Å²) in [5.41, 5.74) is 3.98.